The Balaban J connectivity index is 1.90. The lowest BCUT2D eigenvalue weighted by molar-refractivity contribution is 0.143. The van der Waals surface area contributed by atoms with Crippen molar-refractivity contribution < 1.29 is 9.47 Å². The molecule has 112 valence electrons. The minimum atomic E-state index is -0.0640. The number of nitrogen functional groups attached to an aromatic ring is 2. The minimum absolute atomic E-state index is 0.0640. The van der Waals surface area contributed by atoms with Crippen LogP contribution in [-0.2, 0) is 0 Å². The predicted octanol–water partition coefficient (Wildman–Crippen LogP) is 3.31. The average Bonchev–Trinajstić information content (AvgIpc) is 2.44. The van der Waals surface area contributed by atoms with Crippen molar-refractivity contribution in [2.45, 2.75) is 26.9 Å². The van der Waals surface area contributed by atoms with Crippen LogP contribution in [0.1, 0.15) is 18.1 Å². The monoisotopic (exact) mass is 286 g/mol. The molecule has 0 aromatic heterocycles. The van der Waals surface area contributed by atoms with Gasteiger partial charge in [0.25, 0.3) is 0 Å². The lowest BCUT2D eigenvalue weighted by atomic mass is 10.2. The van der Waals surface area contributed by atoms with Crippen molar-refractivity contribution in [1.29, 1.82) is 0 Å². The summed E-state index contributed by atoms with van der Waals surface area (Å²) in [5.74, 6) is 1.59. The van der Waals surface area contributed by atoms with E-state index < -0.39 is 0 Å². The van der Waals surface area contributed by atoms with Crippen molar-refractivity contribution >= 4 is 11.4 Å². The van der Waals surface area contributed by atoms with E-state index in [1.165, 1.54) is 0 Å². The number of benzene rings is 2. The van der Waals surface area contributed by atoms with Gasteiger partial charge in [0.1, 0.15) is 24.2 Å². The SMILES string of the molecule is Cc1cc(OCC(C)Oc2ccc(N)c(C)c2)ccc1N. The van der Waals surface area contributed by atoms with Gasteiger partial charge in [-0.05, 0) is 68.3 Å². The summed E-state index contributed by atoms with van der Waals surface area (Å²) in [6.07, 6.45) is -0.0640. The van der Waals surface area contributed by atoms with Gasteiger partial charge in [-0.2, -0.15) is 0 Å². The molecule has 0 saturated carbocycles. The first-order chi connectivity index (χ1) is 9.95. The minimum Gasteiger partial charge on any atom is -0.490 e. The van der Waals surface area contributed by atoms with Crippen molar-refractivity contribution in [3.63, 3.8) is 0 Å². The Morgan fingerprint density at radius 3 is 2.00 bits per heavy atom. The molecule has 2 aromatic rings. The van der Waals surface area contributed by atoms with Gasteiger partial charge in [-0.1, -0.05) is 0 Å². The van der Waals surface area contributed by atoms with Crippen molar-refractivity contribution in [2.75, 3.05) is 18.1 Å². The van der Waals surface area contributed by atoms with Crippen molar-refractivity contribution in [2.24, 2.45) is 0 Å². The van der Waals surface area contributed by atoms with E-state index in [9.17, 15) is 0 Å². The van der Waals surface area contributed by atoms with Gasteiger partial charge in [0.2, 0.25) is 0 Å². The lowest BCUT2D eigenvalue weighted by Crippen LogP contribution is -2.21. The average molecular weight is 286 g/mol. The molecule has 0 amide bonds. The Bertz CT molecular complexity index is 626. The number of nitrogens with two attached hydrogens (primary N) is 2. The van der Waals surface area contributed by atoms with Crippen LogP contribution in [-0.4, -0.2) is 12.7 Å². The molecule has 21 heavy (non-hydrogen) atoms. The Morgan fingerprint density at radius 1 is 0.905 bits per heavy atom. The molecule has 0 saturated heterocycles. The highest BCUT2D eigenvalue weighted by Gasteiger charge is 2.07. The summed E-state index contributed by atoms with van der Waals surface area (Å²) in [4.78, 5) is 0. The fourth-order valence-corrected chi connectivity index (χ4v) is 1.94. The Morgan fingerprint density at radius 2 is 1.43 bits per heavy atom. The van der Waals surface area contributed by atoms with Gasteiger partial charge in [-0.3, -0.25) is 0 Å². The first kappa shape index (κ1) is 15.0. The van der Waals surface area contributed by atoms with Gasteiger partial charge >= 0.3 is 0 Å². The molecule has 0 aliphatic rings. The van der Waals surface area contributed by atoms with Crippen LogP contribution in [0.3, 0.4) is 0 Å². The van der Waals surface area contributed by atoms with Crippen LogP contribution in [0.25, 0.3) is 0 Å². The Labute approximate surface area is 125 Å². The third kappa shape index (κ3) is 4.05. The van der Waals surface area contributed by atoms with Crippen LogP contribution < -0.4 is 20.9 Å². The molecule has 4 heteroatoms. The Kier molecular flexibility index (Phi) is 4.58. The second-order valence-electron chi connectivity index (χ2n) is 5.28. The number of hydrogen-bond donors (Lipinski definition) is 2. The van der Waals surface area contributed by atoms with Crippen LogP contribution in [0.15, 0.2) is 36.4 Å². The van der Waals surface area contributed by atoms with E-state index in [-0.39, 0.29) is 6.10 Å². The molecule has 2 rings (SSSR count). The van der Waals surface area contributed by atoms with Crippen LogP contribution in [0.2, 0.25) is 0 Å². The molecule has 1 unspecified atom stereocenters. The smallest absolute Gasteiger partial charge is 0.130 e. The topological polar surface area (TPSA) is 70.5 Å². The molecule has 0 heterocycles. The fourth-order valence-electron chi connectivity index (χ4n) is 1.94. The van der Waals surface area contributed by atoms with Gasteiger partial charge < -0.3 is 20.9 Å². The molecule has 0 aliphatic heterocycles. The highest BCUT2D eigenvalue weighted by molar-refractivity contribution is 5.50. The van der Waals surface area contributed by atoms with E-state index in [2.05, 4.69) is 0 Å². The zero-order valence-corrected chi connectivity index (χ0v) is 12.7. The van der Waals surface area contributed by atoms with E-state index in [0.29, 0.717) is 6.61 Å². The quantitative estimate of drug-likeness (QED) is 0.827. The first-order valence-electron chi connectivity index (χ1n) is 6.97. The van der Waals surface area contributed by atoms with E-state index in [0.717, 1.165) is 34.0 Å². The second-order valence-corrected chi connectivity index (χ2v) is 5.28. The molecule has 0 fully saturated rings. The summed E-state index contributed by atoms with van der Waals surface area (Å²) in [6, 6.07) is 11.3. The van der Waals surface area contributed by atoms with E-state index in [4.69, 9.17) is 20.9 Å². The predicted molar refractivity (Wildman–Crippen MR) is 86.8 cm³/mol. The van der Waals surface area contributed by atoms with Crippen LogP contribution in [0.4, 0.5) is 11.4 Å². The van der Waals surface area contributed by atoms with Crippen LogP contribution in [0, 0.1) is 13.8 Å². The number of anilines is 2. The molecule has 0 spiro atoms. The maximum Gasteiger partial charge on any atom is 0.130 e. The molecular weight excluding hydrogens is 264 g/mol. The van der Waals surface area contributed by atoms with Crippen LogP contribution in [0.5, 0.6) is 11.5 Å². The van der Waals surface area contributed by atoms with Gasteiger partial charge in [-0.15, -0.1) is 0 Å². The largest absolute Gasteiger partial charge is 0.490 e. The highest BCUT2D eigenvalue weighted by Crippen LogP contribution is 2.21. The van der Waals surface area contributed by atoms with Crippen molar-refractivity contribution in [3.8, 4) is 11.5 Å². The maximum absolute atomic E-state index is 5.82. The summed E-state index contributed by atoms with van der Waals surface area (Å²) in [5.41, 5.74) is 15.1. The Hall–Kier alpha value is -2.36. The zero-order chi connectivity index (χ0) is 15.4. The van der Waals surface area contributed by atoms with Gasteiger partial charge in [0.05, 0.1) is 0 Å². The van der Waals surface area contributed by atoms with Gasteiger partial charge in [0.15, 0.2) is 0 Å². The second kappa shape index (κ2) is 6.39. The third-order valence-electron chi connectivity index (χ3n) is 3.30. The molecule has 4 nitrogen and oxygen atoms in total. The van der Waals surface area contributed by atoms with Gasteiger partial charge in [-0.25, -0.2) is 0 Å². The molecule has 0 radical (unpaired) electrons. The molecule has 0 bridgehead atoms. The lowest BCUT2D eigenvalue weighted by Gasteiger charge is -2.17. The summed E-state index contributed by atoms with van der Waals surface area (Å²) < 4.78 is 11.5. The maximum atomic E-state index is 5.82. The fraction of sp³-hybridized carbons (Fsp3) is 0.294. The third-order valence-corrected chi connectivity index (χ3v) is 3.30. The van der Waals surface area contributed by atoms with Gasteiger partial charge in [0, 0.05) is 11.4 Å². The summed E-state index contributed by atoms with van der Waals surface area (Å²) in [6.45, 7) is 6.35. The summed E-state index contributed by atoms with van der Waals surface area (Å²) >= 11 is 0. The van der Waals surface area contributed by atoms with Crippen molar-refractivity contribution in [3.05, 3.63) is 47.5 Å². The normalized spacial score (nSPS) is 12.0. The molecule has 4 N–H and O–H groups in total. The summed E-state index contributed by atoms with van der Waals surface area (Å²) in [7, 11) is 0. The molecule has 0 aliphatic carbocycles. The number of hydrogen-bond acceptors (Lipinski definition) is 4. The highest BCUT2D eigenvalue weighted by atomic mass is 16.5. The molecule has 2 aromatic carbocycles. The molecular formula is C17H22N2O2. The van der Waals surface area contributed by atoms with E-state index in [1.807, 2.05) is 57.2 Å². The van der Waals surface area contributed by atoms with E-state index >= 15 is 0 Å². The standard InChI is InChI=1S/C17H22N2O2/c1-11-8-14(4-6-16(11)18)20-10-13(3)21-15-5-7-17(19)12(2)9-15/h4-9,13H,10,18-19H2,1-3H3. The number of rotatable bonds is 5. The van der Waals surface area contributed by atoms with Crippen molar-refractivity contribution in [1.82, 2.24) is 0 Å². The number of aryl methyl sites for hydroxylation is 2. The summed E-state index contributed by atoms with van der Waals surface area (Å²) in [5, 5.41) is 0. The molecule has 1 atom stereocenters. The van der Waals surface area contributed by atoms with E-state index in [1.54, 1.807) is 0 Å². The zero-order valence-electron chi connectivity index (χ0n) is 12.7. The first-order valence-corrected chi connectivity index (χ1v) is 6.97. The number of ether oxygens (including phenoxy) is 2. The van der Waals surface area contributed by atoms with Crippen LogP contribution >= 0.6 is 0 Å².